The van der Waals surface area contributed by atoms with Crippen molar-refractivity contribution in [1.29, 1.82) is 0 Å². The lowest BCUT2D eigenvalue weighted by atomic mass is 10.2. The van der Waals surface area contributed by atoms with Gasteiger partial charge in [0.15, 0.2) is 5.76 Å². The topological polar surface area (TPSA) is 30.4 Å². The van der Waals surface area contributed by atoms with Crippen LogP contribution in [0.25, 0.3) is 16.7 Å². The molecule has 1 aliphatic heterocycles. The molecule has 0 saturated carbocycles. The monoisotopic (exact) mass is 298 g/mol. The van der Waals surface area contributed by atoms with Crippen LogP contribution < -0.4 is 0 Å². The summed E-state index contributed by atoms with van der Waals surface area (Å²) in [4.78, 5) is 4.85. The van der Waals surface area contributed by atoms with E-state index in [1.165, 1.54) is 11.3 Å². The second-order valence-corrected chi connectivity index (χ2v) is 5.71. The molecule has 5 rings (SSSR count). The van der Waals surface area contributed by atoms with Crippen molar-refractivity contribution in [3.05, 3.63) is 89.9 Å². The van der Waals surface area contributed by atoms with Crippen LogP contribution >= 0.6 is 0 Å². The Bertz CT molecular complexity index is 1020. The van der Waals surface area contributed by atoms with Gasteiger partial charge < -0.3 is 8.98 Å². The maximum atomic E-state index is 6.04. The summed E-state index contributed by atoms with van der Waals surface area (Å²) in [6.07, 6.45) is 2.08. The summed E-state index contributed by atoms with van der Waals surface area (Å²) < 4.78 is 8.23. The highest BCUT2D eigenvalue weighted by Gasteiger charge is 2.20. The van der Waals surface area contributed by atoms with E-state index >= 15 is 0 Å². The summed E-state index contributed by atoms with van der Waals surface area (Å²) in [5.74, 6) is 0.818. The van der Waals surface area contributed by atoms with Crippen LogP contribution in [0.15, 0.2) is 82.3 Å². The Balaban J connectivity index is 1.74. The van der Waals surface area contributed by atoms with Gasteiger partial charge in [-0.3, -0.25) is 4.99 Å². The van der Waals surface area contributed by atoms with Crippen LogP contribution in [-0.4, -0.2) is 10.3 Å². The molecule has 0 saturated heterocycles. The largest absolute Gasteiger partial charge is 0.454 e. The highest BCUT2D eigenvalue weighted by atomic mass is 16.3. The van der Waals surface area contributed by atoms with Crippen LogP contribution in [0.4, 0.5) is 0 Å². The van der Waals surface area contributed by atoms with Crippen molar-refractivity contribution in [2.24, 2.45) is 4.99 Å². The summed E-state index contributed by atoms with van der Waals surface area (Å²) in [7, 11) is 0. The molecule has 3 heteroatoms. The summed E-state index contributed by atoms with van der Waals surface area (Å²) in [5.41, 5.74) is 5.26. The predicted molar refractivity (Wildman–Crippen MR) is 91.3 cm³/mol. The van der Waals surface area contributed by atoms with Gasteiger partial charge in [0.05, 0.1) is 17.9 Å². The fourth-order valence-electron chi connectivity index (χ4n) is 3.21. The molecule has 3 heterocycles. The number of nitrogens with zero attached hydrogens (tertiary/aromatic N) is 2. The number of rotatable bonds is 1. The Labute approximate surface area is 133 Å². The fourth-order valence-corrected chi connectivity index (χ4v) is 3.21. The Kier molecular flexibility index (Phi) is 2.56. The van der Waals surface area contributed by atoms with E-state index in [1.807, 2.05) is 18.2 Å². The van der Waals surface area contributed by atoms with Crippen molar-refractivity contribution in [2.45, 2.75) is 6.54 Å². The zero-order valence-corrected chi connectivity index (χ0v) is 12.4. The van der Waals surface area contributed by atoms with E-state index in [4.69, 9.17) is 9.41 Å². The molecule has 2 aromatic heterocycles. The maximum Gasteiger partial charge on any atom is 0.155 e. The Hall–Kier alpha value is -3.07. The molecule has 23 heavy (non-hydrogen) atoms. The average Bonchev–Trinajstić information content (AvgIpc) is 3.20. The molecular formula is C20H14N2O. The van der Waals surface area contributed by atoms with Crippen molar-refractivity contribution in [2.75, 3.05) is 0 Å². The third-order valence-corrected chi connectivity index (χ3v) is 4.31. The Morgan fingerprint density at radius 2 is 1.78 bits per heavy atom. The number of fused-ring (bicyclic) bond motifs is 4. The molecule has 0 unspecified atom stereocenters. The van der Waals surface area contributed by atoms with Crippen LogP contribution in [0, 0.1) is 0 Å². The predicted octanol–water partition coefficient (Wildman–Crippen LogP) is 4.57. The number of furan rings is 1. The zero-order chi connectivity index (χ0) is 15.2. The lowest BCUT2D eigenvalue weighted by molar-refractivity contribution is 0.604. The summed E-state index contributed by atoms with van der Waals surface area (Å²) >= 11 is 0. The second-order valence-electron chi connectivity index (χ2n) is 5.71. The van der Waals surface area contributed by atoms with E-state index in [0.717, 1.165) is 28.1 Å². The lowest BCUT2D eigenvalue weighted by Crippen LogP contribution is -2.07. The first-order valence-corrected chi connectivity index (χ1v) is 7.69. The third kappa shape index (κ3) is 1.87. The summed E-state index contributed by atoms with van der Waals surface area (Å²) in [6, 6.07) is 22.7. The molecule has 0 radical (unpaired) electrons. The van der Waals surface area contributed by atoms with E-state index < -0.39 is 0 Å². The number of aliphatic imine (C=N–C) groups is 1. The number of hydrogen-bond acceptors (Lipinski definition) is 2. The van der Waals surface area contributed by atoms with Gasteiger partial charge in [0, 0.05) is 11.6 Å². The smallest absolute Gasteiger partial charge is 0.155 e. The first-order chi connectivity index (χ1) is 11.4. The van der Waals surface area contributed by atoms with Crippen molar-refractivity contribution < 1.29 is 4.42 Å². The number of aromatic nitrogens is 1. The van der Waals surface area contributed by atoms with Gasteiger partial charge in [-0.2, -0.15) is 0 Å². The highest BCUT2D eigenvalue weighted by Crippen LogP contribution is 2.27. The normalized spacial score (nSPS) is 13.3. The minimum absolute atomic E-state index is 0.657. The molecule has 0 amide bonds. The Morgan fingerprint density at radius 3 is 2.74 bits per heavy atom. The maximum absolute atomic E-state index is 6.04. The number of para-hydroxylation sites is 2. The third-order valence-electron chi connectivity index (χ3n) is 4.31. The van der Waals surface area contributed by atoms with Gasteiger partial charge in [-0.1, -0.05) is 36.4 Å². The minimum Gasteiger partial charge on any atom is -0.454 e. The van der Waals surface area contributed by atoms with Crippen molar-refractivity contribution >= 4 is 16.7 Å². The fraction of sp³-hybridized carbons (Fsp3) is 0.0500. The molecular weight excluding hydrogens is 284 g/mol. The Morgan fingerprint density at radius 1 is 0.913 bits per heavy atom. The van der Waals surface area contributed by atoms with E-state index in [9.17, 15) is 0 Å². The van der Waals surface area contributed by atoms with Gasteiger partial charge in [0.25, 0.3) is 0 Å². The van der Waals surface area contributed by atoms with Gasteiger partial charge in [0.2, 0.25) is 0 Å². The van der Waals surface area contributed by atoms with Gasteiger partial charge in [0.1, 0.15) is 11.3 Å². The van der Waals surface area contributed by atoms with Crippen molar-refractivity contribution in [1.82, 2.24) is 4.57 Å². The van der Waals surface area contributed by atoms with E-state index in [-0.39, 0.29) is 0 Å². The highest BCUT2D eigenvalue weighted by molar-refractivity contribution is 6.12. The van der Waals surface area contributed by atoms with Crippen molar-refractivity contribution in [3.8, 4) is 5.69 Å². The van der Waals surface area contributed by atoms with Gasteiger partial charge in [-0.15, -0.1) is 0 Å². The molecule has 0 atom stereocenters. The SMILES string of the molecule is c1ccc2c(c1)CN=C(c1cc3ccccc3o1)c1cccn1-2. The van der Waals surface area contributed by atoms with Crippen LogP contribution in [0.2, 0.25) is 0 Å². The van der Waals surface area contributed by atoms with E-state index in [2.05, 4.69) is 59.3 Å². The molecule has 3 nitrogen and oxygen atoms in total. The second kappa shape index (κ2) is 4.71. The quantitative estimate of drug-likeness (QED) is 0.506. The molecule has 0 bridgehead atoms. The lowest BCUT2D eigenvalue weighted by Gasteiger charge is -2.09. The zero-order valence-electron chi connectivity index (χ0n) is 12.4. The van der Waals surface area contributed by atoms with Crippen molar-refractivity contribution in [3.63, 3.8) is 0 Å². The van der Waals surface area contributed by atoms with Crippen LogP contribution in [0.3, 0.4) is 0 Å². The minimum atomic E-state index is 0.657. The van der Waals surface area contributed by atoms with Crippen LogP contribution in [0.1, 0.15) is 17.0 Å². The van der Waals surface area contributed by atoms with Gasteiger partial charge in [-0.25, -0.2) is 0 Å². The number of benzene rings is 2. The van der Waals surface area contributed by atoms with E-state index in [0.29, 0.717) is 6.54 Å². The van der Waals surface area contributed by atoms with Gasteiger partial charge >= 0.3 is 0 Å². The van der Waals surface area contributed by atoms with Gasteiger partial charge in [-0.05, 0) is 35.9 Å². The molecule has 0 N–H and O–H groups in total. The molecule has 110 valence electrons. The van der Waals surface area contributed by atoms with Crippen LogP contribution in [-0.2, 0) is 6.54 Å². The summed E-state index contributed by atoms with van der Waals surface area (Å²) in [6.45, 7) is 0.657. The average molecular weight is 298 g/mol. The molecule has 1 aliphatic rings. The standard InChI is InChI=1S/C20H14N2O/c1-3-8-16-15(7-1)13-21-20(17-9-5-11-22(16)17)19-12-14-6-2-4-10-18(14)23-19/h1-12H,13H2. The first-order valence-electron chi connectivity index (χ1n) is 7.69. The molecule has 0 fully saturated rings. The molecule has 0 spiro atoms. The van der Waals surface area contributed by atoms with E-state index in [1.54, 1.807) is 0 Å². The van der Waals surface area contributed by atoms with Crippen LogP contribution in [0.5, 0.6) is 0 Å². The molecule has 2 aromatic carbocycles. The molecule has 0 aliphatic carbocycles. The molecule has 4 aromatic rings. The first kappa shape index (κ1) is 12.5. The summed E-state index contributed by atoms with van der Waals surface area (Å²) in [5, 5.41) is 1.10. The number of hydrogen-bond donors (Lipinski definition) is 0.